The monoisotopic (exact) mass is 640 g/mol. The molecule has 3 aliphatic carbocycles. The van der Waals surface area contributed by atoms with E-state index in [2.05, 4.69) is 0 Å². The number of aliphatic hydroxyl groups excluding tert-OH is 1. The summed E-state index contributed by atoms with van der Waals surface area (Å²) < 4.78 is 45.9. The van der Waals surface area contributed by atoms with Crippen LogP contribution in [0.1, 0.15) is 79.1 Å². The van der Waals surface area contributed by atoms with Gasteiger partial charge in [-0.3, -0.25) is 9.59 Å². The number of rotatable bonds is 3. The highest BCUT2D eigenvalue weighted by Crippen LogP contribution is 2.69. The highest BCUT2D eigenvalue weighted by atomic mass is 16.8. The molecular formula is C35H44O11. The number of aliphatic hydroxyl groups is 1. The van der Waals surface area contributed by atoms with Crippen molar-refractivity contribution < 1.29 is 52.6 Å². The number of fused-ring (bicyclic) bond motifs is 4. The highest BCUT2D eigenvalue weighted by Gasteiger charge is 2.83. The van der Waals surface area contributed by atoms with Crippen LogP contribution < -0.4 is 0 Å². The molecule has 1 N–H and O–H groups in total. The summed E-state index contributed by atoms with van der Waals surface area (Å²) in [4.78, 5) is 42.5. The van der Waals surface area contributed by atoms with Crippen molar-refractivity contribution in [3.63, 3.8) is 0 Å². The first-order valence-corrected chi connectivity index (χ1v) is 16.1. The van der Waals surface area contributed by atoms with Gasteiger partial charge >= 0.3 is 11.9 Å². The first-order chi connectivity index (χ1) is 21.3. The standard InChI is InChI=1S/C35H44O11/c1-17-22-24-26(38)33(9)20(43-31(5,6)44-24)15-21-34(16-40-21,42-18(2)36)25(33)28(41-29(39)19-13-11-10-12-14-19)35(30(22,3)4)27(23(17)37)45-32(7,8)46-35/h10-14,17,20-21,23,25,27-28,37H,15-16H2,1-9H3/b24-22+/t17?,20-,21+,23+,25?,27-,28-,33+,34-,35+/m0/s1. The van der Waals surface area contributed by atoms with E-state index in [0.29, 0.717) is 5.57 Å². The van der Waals surface area contributed by atoms with E-state index in [0.717, 1.165) is 0 Å². The molecule has 3 heterocycles. The van der Waals surface area contributed by atoms with E-state index in [1.807, 2.05) is 20.8 Å². The van der Waals surface area contributed by atoms with Gasteiger partial charge in [0.1, 0.15) is 23.9 Å². The molecule has 3 aliphatic heterocycles. The largest absolute Gasteiger partial charge is 0.459 e. The van der Waals surface area contributed by atoms with Crippen molar-refractivity contribution in [1.82, 2.24) is 0 Å². The minimum Gasteiger partial charge on any atom is -0.459 e. The van der Waals surface area contributed by atoms with Gasteiger partial charge in [-0.1, -0.05) is 39.0 Å². The lowest BCUT2D eigenvalue weighted by molar-refractivity contribution is -0.357. The third-order valence-electron chi connectivity index (χ3n) is 11.5. The minimum absolute atomic E-state index is 0.0442. The van der Waals surface area contributed by atoms with E-state index in [1.165, 1.54) is 6.92 Å². The molecule has 0 amide bonds. The van der Waals surface area contributed by atoms with Crippen LogP contribution in [0.4, 0.5) is 0 Å². The van der Waals surface area contributed by atoms with Gasteiger partial charge in [0.15, 0.2) is 17.1 Å². The van der Waals surface area contributed by atoms with Gasteiger partial charge in [0, 0.05) is 38.5 Å². The van der Waals surface area contributed by atoms with E-state index in [-0.39, 0.29) is 30.1 Å². The number of ketones is 1. The number of ether oxygens (including phenoxy) is 7. The Bertz CT molecular complexity index is 1530. The average Bonchev–Trinajstić information content (AvgIpc) is 3.23. The second-order valence-corrected chi connectivity index (χ2v) is 15.5. The average molecular weight is 641 g/mol. The summed E-state index contributed by atoms with van der Waals surface area (Å²) in [6, 6.07) is 8.53. The predicted octanol–water partition coefficient (Wildman–Crippen LogP) is 3.85. The molecule has 11 nitrogen and oxygen atoms in total. The summed E-state index contributed by atoms with van der Waals surface area (Å²) in [6.45, 7) is 15.7. The van der Waals surface area contributed by atoms with Crippen LogP contribution >= 0.6 is 0 Å². The fourth-order valence-corrected chi connectivity index (χ4v) is 9.73. The summed E-state index contributed by atoms with van der Waals surface area (Å²) in [7, 11) is 0. The van der Waals surface area contributed by atoms with Gasteiger partial charge in [-0.15, -0.1) is 0 Å². The third-order valence-corrected chi connectivity index (χ3v) is 11.5. The van der Waals surface area contributed by atoms with Crippen LogP contribution in [-0.2, 0) is 42.7 Å². The Balaban J connectivity index is 1.61. The molecule has 10 atom stereocenters. The molecular weight excluding hydrogens is 596 g/mol. The number of allylic oxidation sites excluding steroid dienone is 1. The highest BCUT2D eigenvalue weighted by molar-refractivity contribution is 6.01. The van der Waals surface area contributed by atoms with Gasteiger partial charge in [-0.25, -0.2) is 4.79 Å². The maximum atomic E-state index is 15.3. The summed E-state index contributed by atoms with van der Waals surface area (Å²) >= 11 is 0. The Morgan fingerprint density at radius 3 is 2.24 bits per heavy atom. The number of hydrogen-bond donors (Lipinski definition) is 1. The summed E-state index contributed by atoms with van der Waals surface area (Å²) in [5.41, 5.74) is -4.83. The Kier molecular flexibility index (Phi) is 6.64. The molecule has 11 heteroatoms. The number of esters is 2. The predicted molar refractivity (Wildman–Crippen MR) is 160 cm³/mol. The van der Waals surface area contributed by atoms with Crippen molar-refractivity contribution in [2.45, 2.75) is 122 Å². The first kappa shape index (κ1) is 31.8. The van der Waals surface area contributed by atoms with Gasteiger partial charge in [0.25, 0.3) is 0 Å². The lowest BCUT2D eigenvalue weighted by Gasteiger charge is -2.67. The maximum Gasteiger partial charge on any atom is 0.338 e. The van der Waals surface area contributed by atoms with Crippen LogP contribution in [0.2, 0.25) is 0 Å². The van der Waals surface area contributed by atoms with Crippen LogP contribution in [0.25, 0.3) is 0 Å². The van der Waals surface area contributed by atoms with Crippen molar-refractivity contribution in [2.75, 3.05) is 6.61 Å². The summed E-state index contributed by atoms with van der Waals surface area (Å²) in [5, 5.41) is 12.1. The Hall–Kier alpha value is -2.83. The Labute approximate surface area is 268 Å². The quantitative estimate of drug-likeness (QED) is 0.483. The van der Waals surface area contributed by atoms with Crippen molar-refractivity contribution >= 4 is 17.7 Å². The van der Waals surface area contributed by atoms with Crippen LogP contribution in [-0.4, -0.2) is 82.7 Å². The van der Waals surface area contributed by atoms with Crippen molar-refractivity contribution in [1.29, 1.82) is 0 Å². The molecule has 1 spiro atoms. The van der Waals surface area contributed by atoms with E-state index >= 15 is 4.79 Å². The number of benzene rings is 1. The van der Waals surface area contributed by atoms with Crippen LogP contribution in [0.5, 0.6) is 0 Å². The Morgan fingerprint density at radius 1 is 0.957 bits per heavy atom. The number of hydrogen-bond acceptors (Lipinski definition) is 11. The van der Waals surface area contributed by atoms with E-state index < -0.39 is 87.9 Å². The lowest BCUT2D eigenvalue weighted by Crippen LogP contribution is -2.82. The van der Waals surface area contributed by atoms with Gasteiger partial charge in [-0.05, 0) is 38.5 Å². The third kappa shape index (κ3) is 3.92. The van der Waals surface area contributed by atoms with Crippen molar-refractivity contribution in [2.24, 2.45) is 22.7 Å². The first-order valence-electron chi connectivity index (χ1n) is 16.1. The maximum absolute atomic E-state index is 15.3. The van der Waals surface area contributed by atoms with Crippen LogP contribution in [0.15, 0.2) is 41.7 Å². The molecule has 7 rings (SSSR count). The van der Waals surface area contributed by atoms with Gasteiger partial charge in [0.05, 0.1) is 35.7 Å². The van der Waals surface area contributed by atoms with E-state index in [9.17, 15) is 14.7 Å². The molecule has 5 fully saturated rings. The zero-order valence-corrected chi connectivity index (χ0v) is 27.9. The second kappa shape index (κ2) is 9.63. The van der Waals surface area contributed by atoms with E-state index in [1.54, 1.807) is 65.0 Å². The van der Waals surface area contributed by atoms with Gasteiger partial charge in [-0.2, -0.15) is 0 Å². The van der Waals surface area contributed by atoms with Crippen LogP contribution in [0, 0.1) is 22.7 Å². The zero-order chi connectivity index (χ0) is 33.4. The molecule has 6 aliphatic rings. The molecule has 0 aromatic heterocycles. The topological polar surface area (TPSA) is 136 Å². The fourth-order valence-electron chi connectivity index (χ4n) is 9.73. The molecule has 1 aromatic rings. The fraction of sp³-hybridized carbons (Fsp3) is 0.686. The number of carbonyl (C=O) groups excluding carboxylic acids is 3. The Morgan fingerprint density at radius 2 is 1.63 bits per heavy atom. The number of carbonyl (C=O) groups is 3. The van der Waals surface area contributed by atoms with Crippen LogP contribution in [0.3, 0.4) is 0 Å². The smallest absolute Gasteiger partial charge is 0.338 e. The molecule has 1 aromatic carbocycles. The minimum atomic E-state index is -1.60. The van der Waals surface area contributed by atoms with Gasteiger partial charge in [0.2, 0.25) is 11.6 Å². The second-order valence-electron chi connectivity index (χ2n) is 15.5. The zero-order valence-electron chi connectivity index (χ0n) is 27.9. The molecule has 3 saturated heterocycles. The molecule has 2 saturated carbocycles. The van der Waals surface area contributed by atoms with Crippen molar-refractivity contribution in [3.8, 4) is 0 Å². The van der Waals surface area contributed by atoms with E-state index in [4.69, 9.17) is 33.2 Å². The summed E-state index contributed by atoms with van der Waals surface area (Å²) in [6.07, 6.45) is -4.79. The molecule has 0 radical (unpaired) electrons. The number of Topliss-reactive ketones (excluding diaryl/α,β-unsaturated/α-hetero) is 1. The lowest BCUT2D eigenvalue weighted by atomic mass is 9.44. The SMILES string of the molecule is CC(=O)O[C@@]12CO[C@@H]1C[C@@H]1OC(C)(C)O/C3=C4\C(C)[C@@H](O)[C@@H]5OC(C)(C)O[C@]5([C@@H](OC(=O)c5ccccc5)C2[C@]1(C)C3=O)C4(C)C. The normalized spacial score (nSPS) is 45.8. The van der Waals surface area contributed by atoms with Crippen molar-refractivity contribution in [3.05, 3.63) is 47.2 Å². The molecule has 4 bridgehead atoms. The molecule has 46 heavy (non-hydrogen) atoms. The molecule has 250 valence electrons. The molecule has 2 unspecified atom stereocenters. The summed E-state index contributed by atoms with van der Waals surface area (Å²) in [5.74, 6) is -5.75. The van der Waals surface area contributed by atoms with Gasteiger partial charge < -0.3 is 38.3 Å².